The highest BCUT2D eigenvalue weighted by Gasteiger charge is 2.09. The lowest BCUT2D eigenvalue weighted by molar-refractivity contribution is -0.116. The number of rotatable bonds is 5. The van der Waals surface area contributed by atoms with Crippen LogP contribution >= 0.6 is 0 Å². The lowest BCUT2D eigenvalue weighted by atomic mass is 10.2. The van der Waals surface area contributed by atoms with E-state index in [2.05, 4.69) is 20.4 Å². The molecule has 1 amide bonds. The van der Waals surface area contributed by atoms with E-state index in [9.17, 15) is 13.2 Å². The number of aryl methyl sites for hydroxylation is 1. The van der Waals surface area contributed by atoms with Crippen molar-refractivity contribution in [1.82, 2.24) is 15.0 Å². The van der Waals surface area contributed by atoms with Crippen molar-refractivity contribution in [1.29, 1.82) is 0 Å². The second-order valence-electron chi connectivity index (χ2n) is 4.54. The first kappa shape index (κ1) is 15.0. The van der Waals surface area contributed by atoms with E-state index in [1.807, 2.05) is 25.1 Å². The Morgan fingerprint density at radius 2 is 2.05 bits per heavy atom. The molecule has 0 saturated carbocycles. The van der Waals surface area contributed by atoms with E-state index >= 15 is 0 Å². The van der Waals surface area contributed by atoms with Gasteiger partial charge >= 0.3 is 0 Å². The third-order valence-electron chi connectivity index (χ3n) is 2.55. The molecular weight excluding hydrogens is 294 g/mol. The third-order valence-corrected chi connectivity index (χ3v) is 3.13. The number of sulfonamides is 1. The molecule has 0 spiro atoms. The Morgan fingerprint density at radius 1 is 1.33 bits per heavy atom. The normalized spacial score (nSPS) is 11.1. The third kappa shape index (κ3) is 4.56. The van der Waals surface area contributed by atoms with Crippen molar-refractivity contribution in [3.05, 3.63) is 36.0 Å². The molecule has 1 heterocycles. The molecule has 0 bridgehead atoms. The van der Waals surface area contributed by atoms with Crippen LogP contribution in [0.1, 0.15) is 5.56 Å². The van der Waals surface area contributed by atoms with Gasteiger partial charge in [-0.2, -0.15) is 0 Å². The molecule has 21 heavy (non-hydrogen) atoms. The molecule has 2 aromatic rings. The number of benzene rings is 1. The van der Waals surface area contributed by atoms with E-state index < -0.39 is 10.0 Å². The Hall–Kier alpha value is -2.42. The molecule has 9 heteroatoms. The van der Waals surface area contributed by atoms with Gasteiger partial charge in [0, 0.05) is 5.69 Å². The molecule has 8 nitrogen and oxygen atoms in total. The summed E-state index contributed by atoms with van der Waals surface area (Å²) < 4.78 is 25.5. The highest BCUT2D eigenvalue weighted by atomic mass is 32.2. The van der Waals surface area contributed by atoms with E-state index in [0.717, 1.165) is 17.5 Å². The molecule has 0 atom stereocenters. The first-order valence-corrected chi connectivity index (χ1v) is 7.96. The molecule has 2 N–H and O–H groups in total. The van der Waals surface area contributed by atoms with E-state index in [0.29, 0.717) is 0 Å². The Morgan fingerprint density at radius 3 is 2.71 bits per heavy atom. The van der Waals surface area contributed by atoms with Gasteiger partial charge in [0.2, 0.25) is 15.9 Å². The number of nitrogens with zero attached hydrogens (tertiary/aromatic N) is 3. The standard InChI is InChI=1S/C12H15N5O3S/c1-9-5-3-4-6-10(9)13-12(18)8-17-7-11(14-16-17)15-21(2,19)20/h3-7,15H,8H2,1-2H3,(H,13,18). The summed E-state index contributed by atoms with van der Waals surface area (Å²) >= 11 is 0. The molecule has 112 valence electrons. The zero-order valence-corrected chi connectivity index (χ0v) is 12.4. The highest BCUT2D eigenvalue weighted by Crippen LogP contribution is 2.13. The van der Waals surface area contributed by atoms with Crippen LogP contribution < -0.4 is 10.0 Å². The topological polar surface area (TPSA) is 106 Å². The number of hydrogen-bond donors (Lipinski definition) is 2. The van der Waals surface area contributed by atoms with Gasteiger partial charge in [-0.05, 0) is 18.6 Å². The summed E-state index contributed by atoms with van der Waals surface area (Å²) in [6.07, 6.45) is 2.36. The Kier molecular flexibility index (Phi) is 4.22. The number of aromatic nitrogens is 3. The van der Waals surface area contributed by atoms with Gasteiger partial charge in [-0.25, -0.2) is 13.1 Å². The molecule has 0 radical (unpaired) electrons. The van der Waals surface area contributed by atoms with Crippen molar-refractivity contribution in [3.8, 4) is 0 Å². The molecule has 2 rings (SSSR count). The fraction of sp³-hybridized carbons (Fsp3) is 0.250. The van der Waals surface area contributed by atoms with Crippen LogP contribution in [0.4, 0.5) is 11.5 Å². The summed E-state index contributed by atoms with van der Waals surface area (Å²) in [6.45, 7) is 1.83. The first-order valence-electron chi connectivity index (χ1n) is 6.07. The van der Waals surface area contributed by atoms with Crippen molar-refractivity contribution in [3.63, 3.8) is 0 Å². The maximum Gasteiger partial charge on any atom is 0.246 e. The maximum atomic E-state index is 11.9. The average molecular weight is 309 g/mol. The molecule has 0 aliphatic rings. The van der Waals surface area contributed by atoms with E-state index in [1.54, 1.807) is 6.07 Å². The van der Waals surface area contributed by atoms with Crippen molar-refractivity contribution < 1.29 is 13.2 Å². The van der Waals surface area contributed by atoms with E-state index in [-0.39, 0.29) is 18.3 Å². The van der Waals surface area contributed by atoms with Gasteiger partial charge in [0.1, 0.15) is 6.54 Å². The average Bonchev–Trinajstić information content (AvgIpc) is 2.77. The monoisotopic (exact) mass is 309 g/mol. The van der Waals surface area contributed by atoms with Crippen LogP contribution in [-0.4, -0.2) is 35.6 Å². The van der Waals surface area contributed by atoms with Crippen molar-refractivity contribution in [2.75, 3.05) is 16.3 Å². The van der Waals surface area contributed by atoms with E-state index in [1.165, 1.54) is 10.9 Å². The van der Waals surface area contributed by atoms with Crippen LogP contribution in [0.3, 0.4) is 0 Å². The van der Waals surface area contributed by atoms with Gasteiger partial charge in [0.15, 0.2) is 5.82 Å². The van der Waals surface area contributed by atoms with Gasteiger partial charge in [0.25, 0.3) is 0 Å². The SMILES string of the molecule is Cc1ccccc1NC(=O)Cn1cc(NS(C)(=O)=O)nn1. The lowest BCUT2D eigenvalue weighted by Gasteiger charge is -2.07. The molecule has 0 fully saturated rings. The molecular formula is C12H15N5O3S. The Bertz CT molecular complexity index is 754. The van der Waals surface area contributed by atoms with Crippen LogP contribution in [0, 0.1) is 6.92 Å². The van der Waals surface area contributed by atoms with E-state index in [4.69, 9.17) is 0 Å². The molecule has 0 saturated heterocycles. The quantitative estimate of drug-likeness (QED) is 0.841. The predicted octanol–water partition coefficient (Wildman–Crippen LogP) is 0.597. The summed E-state index contributed by atoms with van der Waals surface area (Å²) in [6, 6.07) is 7.39. The number of amides is 1. The zero-order chi connectivity index (χ0) is 15.5. The largest absolute Gasteiger partial charge is 0.324 e. The highest BCUT2D eigenvalue weighted by molar-refractivity contribution is 7.92. The fourth-order valence-electron chi connectivity index (χ4n) is 1.66. The van der Waals surface area contributed by atoms with Gasteiger partial charge in [0.05, 0.1) is 12.5 Å². The van der Waals surface area contributed by atoms with Crippen molar-refractivity contribution in [2.45, 2.75) is 13.5 Å². The van der Waals surface area contributed by atoms with Gasteiger partial charge < -0.3 is 5.32 Å². The number of carbonyl (C=O) groups excluding carboxylic acids is 1. The lowest BCUT2D eigenvalue weighted by Crippen LogP contribution is -2.19. The number of para-hydroxylation sites is 1. The minimum Gasteiger partial charge on any atom is -0.324 e. The summed E-state index contributed by atoms with van der Waals surface area (Å²) in [5.74, 6) is -0.207. The van der Waals surface area contributed by atoms with Gasteiger partial charge in [-0.3, -0.25) is 9.52 Å². The van der Waals surface area contributed by atoms with Crippen LogP contribution in [0.25, 0.3) is 0 Å². The Labute approximate surface area is 122 Å². The second kappa shape index (κ2) is 5.92. The van der Waals surface area contributed by atoms with Crippen LogP contribution in [-0.2, 0) is 21.4 Å². The van der Waals surface area contributed by atoms with Crippen LogP contribution in [0.5, 0.6) is 0 Å². The minimum absolute atomic E-state index is 0.0627. The maximum absolute atomic E-state index is 11.9. The zero-order valence-electron chi connectivity index (χ0n) is 11.6. The van der Waals surface area contributed by atoms with Crippen LogP contribution in [0.2, 0.25) is 0 Å². The molecule has 0 aliphatic carbocycles. The number of carbonyl (C=O) groups is 1. The minimum atomic E-state index is -3.41. The summed E-state index contributed by atoms with van der Waals surface area (Å²) in [5, 5.41) is 10.1. The van der Waals surface area contributed by atoms with Gasteiger partial charge in [-0.15, -0.1) is 5.10 Å². The smallest absolute Gasteiger partial charge is 0.246 e. The summed E-state index contributed by atoms with van der Waals surface area (Å²) in [7, 11) is -3.41. The number of nitrogens with one attached hydrogen (secondary N) is 2. The molecule has 1 aromatic carbocycles. The second-order valence-corrected chi connectivity index (χ2v) is 6.29. The number of anilines is 2. The first-order chi connectivity index (χ1) is 9.83. The van der Waals surface area contributed by atoms with Crippen molar-refractivity contribution >= 4 is 27.4 Å². The van der Waals surface area contributed by atoms with Crippen LogP contribution in [0.15, 0.2) is 30.5 Å². The Balaban J connectivity index is 1.99. The molecule has 1 aromatic heterocycles. The molecule has 0 unspecified atom stereocenters. The molecule has 0 aliphatic heterocycles. The fourth-order valence-corrected chi connectivity index (χ4v) is 2.14. The summed E-state index contributed by atoms with van der Waals surface area (Å²) in [4.78, 5) is 11.9. The summed E-state index contributed by atoms with van der Waals surface area (Å²) in [5.41, 5.74) is 1.67. The predicted molar refractivity (Wildman–Crippen MR) is 78.3 cm³/mol. The van der Waals surface area contributed by atoms with Crippen molar-refractivity contribution in [2.24, 2.45) is 0 Å². The van der Waals surface area contributed by atoms with Gasteiger partial charge in [-0.1, -0.05) is 23.4 Å². The number of hydrogen-bond acceptors (Lipinski definition) is 5.